The van der Waals surface area contributed by atoms with E-state index in [-0.39, 0.29) is 41.7 Å². The number of anilines is 1. The Hall–Kier alpha value is -3.59. The van der Waals surface area contributed by atoms with Crippen molar-refractivity contribution in [3.63, 3.8) is 0 Å². The van der Waals surface area contributed by atoms with Gasteiger partial charge in [0.05, 0.1) is 17.4 Å². The van der Waals surface area contributed by atoms with E-state index in [0.29, 0.717) is 24.5 Å². The van der Waals surface area contributed by atoms with Crippen molar-refractivity contribution >= 4 is 40.1 Å². The number of aromatic carboxylic acids is 1. The Morgan fingerprint density at radius 2 is 2.00 bits per heavy atom. The summed E-state index contributed by atoms with van der Waals surface area (Å²) in [6.45, 7) is 1.28. The Kier molecular flexibility index (Phi) is 6.81. The zero-order chi connectivity index (χ0) is 27.2. The third-order valence-electron chi connectivity index (χ3n) is 6.46. The summed E-state index contributed by atoms with van der Waals surface area (Å²) in [7, 11) is 0. The molecule has 202 valence electrons. The molecule has 1 unspecified atom stereocenters. The standard InChI is InChI=1S/C23H21F4N5O5S/c24-15-5-13-17(33)14(21(35)36)9-32(22-29-16(10-38-22)23(25,26)27)18(13)30-19(15)31-7-11(8-31)20(34)28-6-12-3-1-2-4-37-12/h5,9-12H,1-4,6-8H2,(H,28,34)(H,35,36). The minimum Gasteiger partial charge on any atom is -0.477 e. The van der Waals surface area contributed by atoms with E-state index in [0.717, 1.165) is 41.5 Å². The van der Waals surface area contributed by atoms with Gasteiger partial charge >= 0.3 is 12.1 Å². The van der Waals surface area contributed by atoms with Gasteiger partial charge in [-0.2, -0.15) is 13.2 Å². The van der Waals surface area contributed by atoms with Gasteiger partial charge in [-0.1, -0.05) is 0 Å². The van der Waals surface area contributed by atoms with Crippen molar-refractivity contribution in [1.82, 2.24) is 19.9 Å². The number of carboxylic acid groups (broad SMARTS) is 1. The van der Waals surface area contributed by atoms with E-state index in [9.17, 15) is 32.7 Å². The number of carbonyl (C=O) groups is 2. The Bertz CT molecular complexity index is 1460. The lowest BCUT2D eigenvalue weighted by Gasteiger charge is -2.39. The van der Waals surface area contributed by atoms with E-state index in [1.807, 2.05) is 0 Å². The molecule has 2 N–H and O–H groups in total. The number of ether oxygens (including phenoxy) is 1. The van der Waals surface area contributed by atoms with E-state index in [4.69, 9.17) is 4.74 Å². The van der Waals surface area contributed by atoms with Crippen molar-refractivity contribution < 1.29 is 37.0 Å². The minimum absolute atomic E-state index is 0.0420. The predicted octanol–water partition coefficient (Wildman–Crippen LogP) is 2.82. The van der Waals surface area contributed by atoms with Gasteiger partial charge in [0.2, 0.25) is 11.3 Å². The Morgan fingerprint density at radius 3 is 2.63 bits per heavy atom. The number of aromatic nitrogens is 3. The monoisotopic (exact) mass is 555 g/mol. The highest BCUT2D eigenvalue weighted by molar-refractivity contribution is 7.12. The number of rotatable bonds is 6. The molecule has 0 spiro atoms. The number of pyridine rings is 2. The topological polar surface area (TPSA) is 127 Å². The first-order valence-electron chi connectivity index (χ1n) is 11.7. The first kappa shape index (κ1) is 26.0. The van der Waals surface area contributed by atoms with Gasteiger partial charge in [-0.25, -0.2) is 19.2 Å². The van der Waals surface area contributed by atoms with Gasteiger partial charge in [0.1, 0.15) is 5.56 Å². The summed E-state index contributed by atoms with van der Waals surface area (Å²) in [4.78, 5) is 46.0. The molecule has 10 nitrogen and oxygen atoms in total. The molecule has 0 bridgehead atoms. The fourth-order valence-corrected chi connectivity index (χ4v) is 5.19. The molecule has 2 saturated heterocycles. The molecule has 0 saturated carbocycles. The summed E-state index contributed by atoms with van der Waals surface area (Å²) in [5, 5.41) is 12.3. The molecule has 3 aromatic rings. The van der Waals surface area contributed by atoms with Crippen molar-refractivity contribution in [3.8, 4) is 5.13 Å². The number of alkyl halides is 3. The zero-order valence-corrected chi connectivity index (χ0v) is 20.4. The maximum absolute atomic E-state index is 15.0. The van der Waals surface area contributed by atoms with Crippen LogP contribution in [0.2, 0.25) is 0 Å². The highest BCUT2D eigenvalue weighted by atomic mass is 32.1. The Labute approximate surface area is 215 Å². The van der Waals surface area contributed by atoms with Crippen LogP contribution in [0.1, 0.15) is 35.3 Å². The molecule has 2 aliphatic rings. The van der Waals surface area contributed by atoms with E-state index in [1.54, 1.807) is 0 Å². The van der Waals surface area contributed by atoms with Crippen LogP contribution in [-0.4, -0.2) is 63.9 Å². The first-order chi connectivity index (χ1) is 18.0. The number of carboxylic acids is 1. The summed E-state index contributed by atoms with van der Waals surface area (Å²) in [5.74, 6) is -3.46. The molecule has 2 aliphatic heterocycles. The molecule has 1 atom stereocenters. The van der Waals surface area contributed by atoms with E-state index in [2.05, 4.69) is 15.3 Å². The van der Waals surface area contributed by atoms with E-state index < -0.39 is 46.0 Å². The molecule has 5 heterocycles. The lowest BCUT2D eigenvalue weighted by atomic mass is 9.98. The molecule has 1 amide bonds. The fourth-order valence-electron chi connectivity index (χ4n) is 4.38. The number of carbonyl (C=O) groups excluding carboxylic acids is 1. The van der Waals surface area contributed by atoms with Crippen LogP contribution >= 0.6 is 11.3 Å². The molecule has 2 fully saturated rings. The summed E-state index contributed by atoms with van der Waals surface area (Å²) >= 11 is 0.557. The van der Waals surface area contributed by atoms with Crippen LogP contribution in [0.4, 0.5) is 23.4 Å². The summed E-state index contributed by atoms with van der Waals surface area (Å²) < 4.78 is 60.9. The van der Waals surface area contributed by atoms with Crippen LogP contribution in [0, 0.1) is 11.7 Å². The second kappa shape index (κ2) is 9.94. The van der Waals surface area contributed by atoms with Crippen molar-refractivity contribution in [1.29, 1.82) is 0 Å². The third kappa shape index (κ3) is 4.95. The normalized spacial score (nSPS) is 18.4. The first-order valence-corrected chi connectivity index (χ1v) is 12.6. The maximum Gasteiger partial charge on any atom is 0.434 e. The SMILES string of the molecule is O=C(O)c1cn(-c2nc(C(F)(F)F)cs2)c2nc(N3CC(C(=O)NCC4CCCCO4)C3)c(F)cc2c1=O. The number of nitrogens with one attached hydrogen (secondary N) is 1. The number of hydrogen-bond acceptors (Lipinski definition) is 8. The predicted molar refractivity (Wildman–Crippen MR) is 127 cm³/mol. The second-order valence-electron chi connectivity index (χ2n) is 9.06. The number of amides is 1. The summed E-state index contributed by atoms with van der Waals surface area (Å²) in [5.41, 5.74) is -3.29. The molecule has 0 aromatic carbocycles. The largest absolute Gasteiger partial charge is 0.477 e. The second-order valence-corrected chi connectivity index (χ2v) is 9.90. The van der Waals surface area contributed by atoms with Gasteiger partial charge in [0.25, 0.3) is 0 Å². The van der Waals surface area contributed by atoms with E-state index >= 15 is 4.39 Å². The number of fused-ring (bicyclic) bond motifs is 1. The van der Waals surface area contributed by atoms with Crippen LogP contribution in [0.15, 0.2) is 22.4 Å². The van der Waals surface area contributed by atoms with Crippen LogP contribution < -0.4 is 15.6 Å². The van der Waals surface area contributed by atoms with Crippen LogP contribution in [0.3, 0.4) is 0 Å². The zero-order valence-electron chi connectivity index (χ0n) is 19.6. The molecule has 15 heteroatoms. The summed E-state index contributed by atoms with van der Waals surface area (Å²) in [6, 6.07) is 0.801. The lowest BCUT2D eigenvalue weighted by molar-refractivity contribution is -0.140. The van der Waals surface area contributed by atoms with Crippen LogP contribution in [0.5, 0.6) is 0 Å². The fraction of sp³-hybridized carbons (Fsp3) is 0.435. The summed E-state index contributed by atoms with van der Waals surface area (Å²) in [6.07, 6.45) is -1.09. The molecule has 38 heavy (non-hydrogen) atoms. The molecule has 5 rings (SSSR count). The van der Waals surface area contributed by atoms with Gasteiger partial charge in [0.15, 0.2) is 28.1 Å². The van der Waals surface area contributed by atoms with Gasteiger partial charge < -0.3 is 20.1 Å². The number of halogens is 4. The number of thiazole rings is 1. The smallest absolute Gasteiger partial charge is 0.434 e. The van der Waals surface area contributed by atoms with Crippen molar-refractivity contribution in [2.45, 2.75) is 31.5 Å². The molecular formula is C23H21F4N5O5S. The average Bonchev–Trinajstić information content (AvgIpc) is 3.34. The molecule has 0 aliphatic carbocycles. The highest BCUT2D eigenvalue weighted by Gasteiger charge is 2.36. The van der Waals surface area contributed by atoms with Crippen molar-refractivity contribution in [3.05, 3.63) is 44.9 Å². The average molecular weight is 556 g/mol. The van der Waals surface area contributed by atoms with Crippen molar-refractivity contribution in [2.24, 2.45) is 5.92 Å². The van der Waals surface area contributed by atoms with Crippen LogP contribution in [-0.2, 0) is 15.7 Å². The number of nitrogens with zero attached hydrogens (tertiary/aromatic N) is 4. The Balaban J connectivity index is 1.43. The van der Waals surface area contributed by atoms with Gasteiger partial charge in [0, 0.05) is 37.8 Å². The van der Waals surface area contributed by atoms with Crippen LogP contribution in [0.25, 0.3) is 16.2 Å². The molecule has 0 radical (unpaired) electrons. The van der Waals surface area contributed by atoms with E-state index in [1.165, 1.54) is 4.90 Å². The molecule has 3 aromatic heterocycles. The van der Waals surface area contributed by atoms with Gasteiger partial charge in [-0.3, -0.25) is 14.2 Å². The maximum atomic E-state index is 15.0. The quantitative estimate of drug-likeness (QED) is 0.445. The minimum atomic E-state index is -4.75. The number of hydrogen-bond donors (Lipinski definition) is 2. The lowest BCUT2D eigenvalue weighted by Crippen LogP contribution is -2.55. The Morgan fingerprint density at radius 1 is 1.24 bits per heavy atom. The van der Waals surface area contributed by atoms with Gasteiger partial charge in [-0.05, 0) is 25.3 Å². The highest BCUT2D eigenvalue weighted by Crippen LogP contribution is 2.33. The van der Waals surface area contributed by atoms with Crippen molar-refractivity contribution in [2.75, 3.05) is 31.1 Å². The third-order valence-corrected chi connectivity index (χ3v) is 7.30. The van der Waals surface area contributed by atoms with Gasteiger partial charge in [-0.15, -0.1) is 11.3 Å². The molecular weight excluding hydrogens is 534 g/mol.